The summed E-state index contributed by atoms with van der Waals surface area (Å²) < 4.78 is 27.6. The molecule has 140 valence electrons. The molecular weight excluding hydrogens is 336 g/mol. The van der Waals surface area contributed by atoms with Crippen molar-refractivity contribution in [2.24, 2.45) is 4.99 Å². The van der Waals surface area contributed by atoms with Gasteiger partial charge in [0.25, 0.3) is 0 Å². The van der Waals surface area contributed by atoms with Crippen LogP contribution in [0, 0.1) is 0 Å². The first-order valence-corrected chi connectivity index (χ1v) is 10.6. The lowest BCUT2D eigenvalue weighted by atomic mass is 10.2. The average Bonchev–Trinajstić information content (AvgIpc) is 2.65. The van der Waals surface area contributed by atoms with Gasteiger partial charge in [-0.05, 0) is 30.9 Å². The largest absolute Gasteiger partial charge is 0.356 e. The van der Waals surface area contributed by atoms with Crippen molar-refractivity contribution in [3.05, 3.63) is 29.8 Å². The molecule has 0 aliphatic carbocycles. The van der Waals surface area contributed by atoms with E-state index < -0.39 is 10.0 Å². The summed E-state index contributed by atoms with van der Waals surface area (Å²) in [5.41, 5.74) is 0.770. The van der Waals surface area contributed by atoms with E-state index in [4.69, 9.17) is 0 Å². The molecule has 1 aliphatic heterocycles. The molecule has 0 amide bonds. The van der Waals surface area contributed by atoms with Crippen molar-refractivity contribution < 1.29 is 8.42 Å². The van der Waals surface area contributed by atoms with Crippen LogP contribution >= 0.6 is 0 Å². The maximum Gasteiger partial charge on any atom is 0.243 e. The number of nitrogens with zero attached hydrogens (tertiary/aromatic N) is 2. The van der Waals surface area contributed by atoms with Crippen LogP contribution in [-0.2, 0) is 16.6 Å². The normalized spacial score (nSPS) is 16.6. The SMILES string of the molecule is CCCCNC(=NC)NCc1ccccc1S(=O)(=O)N1CCCCC1. The van der Waals surface area contributed by atoms with Crippen molar-refractivity contribution in [3.8, 4) is 0 Å². The molecule has 1 fully saturated rings. The van der Waals surface area contributed by atoms with Crippen LogP contribution in [0.2, 0.25) is 0 Å². The minimum absolute atomic E-state index is 0.397. The van der Waals surface area contributed by atoms with E-state index in [-0.39, 0.29) is 0 Å². The summed E-state index contributed by atoms with van der Waals surface area (Å²) in [7, 11) is -1.72. The Bertz CT molecular complexity index is 667. The summed E-state index contributed by atoms with van der Waals surface area (Å²) >= 11 is 0. The van der Waals surface area contributed by atoms with Crippen molar-refractivity contribution in [1.29, 1.82) is 0 Å². The number of hydrogen-bond acceptors (Lipinski definition) is 3. The smallest absolute Gasteiger partial charge is 0.243 e. The molecule has 0 spiro atoms. The highest BCUT2D eigenvalue weighted by Crippen LogP contribution is 2.23. The number of piperidine rings is 1. The molecule has 1 saturated heterocycles. The van der Waals surface area contributed by atoms with Gasteiger partial charge >= 0.3 is 0 Å². The van der Waals surface area contributed by atoms with Crippen molar-refractivity contribution in [2.45, 2.75) is 50.5 Å². The van der Waals surface area contributed by atoms with Gasteiger partial charge in [-0.15, -0.1) is 0 Å². The molecule has 0 unspecified atom stereocenters. The molecule has 1 aromatic rings. The number of guanidine groups is 1. The number of nitrogens with one attached hydrogen (secondary N) is 2. The van der Waals surface area contributed by atoms with Crippen molar-refractivity contribution in [1.82, 2.24) is 14.9 Å². The molecule has 1 aromatic carbocycles. The van der Waals surface area contributed by atoms with Crippen LogP contribution in [0.25, 0.3) is 0 Å². The molecule has 25 heavy (non-hydrogen) atoms. The third-order valence-electron chi connectivity index (χ3n) is 4.40. The second kappa shape index (κ2) is 9.77. The Balaban J connectivity index is 2.09. The van der Waals surface area contributed by atoms with E-state index >= 15 is 0 Å². The topological polar surface area (TPSA) is 73.8 Å². The second-order valence-electron chi connectivity index (χ2n) is 6.28. The molecular formula is C18H30N4O2S. The predicted octanol–water partition coefficient (Wildman–Crippen LogP) is 2.33. The second-order valence-corrected chi connectivity index (χ2v) is 8.18. The van der Waals surface area contributed by atoms with Gasteiger partial charge in [-0.2, -0.15) is 4.31 Å². The predicted molar refractivity (Wildman–Crippen MR) is 102 cm³/mol. The van der Waals surface area contributed by atoms with Crippen molar-refractivity contribution >= 4 is 16.0 Å². The van der Waals surface area contributed by atoms with Gasteiger partial charge < -0.3 is 10.6 Å². The molecule has 7 heteroatoms. The molecule has 1 aliphatic rings. The fourth-order valence-corrected chi connectivity index (χ4v) is 4.67. The highest BCUT2D eigenvalue weighted by Gasteiger charge is 2.27. The van der Waals surface area contributed by atoms with E-state index in [0.717, 1.165) is 44.2 Å². The third kappa shape index (κ3) is 5.44. The molecule has 6 nitrogen and oxygen atoms in total. The van der Waals surface area contributed by atoms with Gasteiger partial charge in [0.05, 0.1) is 4.90 Å². The zero-order valence-corrected chi connectivity index (χ0v) is 16.1. The Hall–Kier alpha value is -1.60. The Morgan fingerprint density at radius 3 is 2.56 bits per heavy atom. The number of rotatable bonds is 7. The van der Waals surface area contributed by atoms with E-state index in [1.54, 1.807) is 23.5 Å². The summed E-state index contributed by atoms with van der Waals surface area (Å²) in [4.78, 5) is 4.59. The summed E-state index contributed by atoms with van der Waals surface area (Å²) in [5.74, 6) is 0.693. The van der Waals surface area contributed by atoms with Crippen LogP contribution in [0.5, 0.6) is 0 Å². The maximum atomic E-state index is 13.0. The maximum absolute atomic E-state index is 13.0. The van der Waals surface area contributed by atoms with Gasteiger partial charge in [-0.25, -0.2) is 8.42 Å². The minimum Gasteiger partial charge on any atom is -0.356 e. The van der Waals surface area contributed by atoms with Crippen LogP contribution < -0.4 is 10.6 Å². The van der Waals surface area contributed by atoms with Crippen LogP contribution in [-0.4, -0.2) is 45.4 Å². The molecule has 0 aromatic heterocycles. The fourth-order valence-electron chi connectivity index (χ4n) is 2.93. The minimum atomic E-state index is -3.44. The fraction of sp³-hybridized carbons (Fsp3) is 0.611. The van der Waals surface area contributed by atoms with Crippen LogP contribution in [0.3, 0.4) is 0 Å². The first-order valence-electron chi connectivity index (χ1n) is 9.12. The van der Waals surface area contributed by atoms with Gasteiger partial charge in [0.15, 0.2) is 5.96 Å². The molecule has 0 radical (unpaired) electrons. The van der Waals surface area contributed by atoms with E-state index in [0.29, 0.717) is 30.5 Å². The van der Waals surface area contributed by atoms with Gasteiger partial charge in [0, 0.05) is 33.2 Å². The zero-order chi connectivity index (χ0) is 18.1. The molecule has 0 saturated carbocycles. The lowest BCUT2D eigenvalue weighted by Gasteiger charge is -2.27. The Labute approximate surface area is 151 Å². The summed E-state index contributed by atoms with van der Waals surface area (Å²) in [6.45, 7) is 4.65. The standard InChI is InChI=1S/C18H30N4O2S/c1-3-4-12-20-18(19-2)21-15-16-10-6-7-11-17(16)25(23,24)22-13-8-5-9-14-22/h6-7,10-11H,3-5,8-9,12-15H2,1-2H3,(H2,19,20,21). The summed E-state index contributed by atoms with van der Waals surface area (Å²) in [6, 6.07) is 7.23. The summed E-state index contributed by atoms with van der Waals surface area (Å²) in [5, 5.41) is 6.46. The number of unbranched alkanes of at least 4 members (excludes halogenated alkanes) is 1. The van der Waals surface area contributed by atoms with Gasteiger partial charge in [-0.1, -0.05) is 38.0 Å². The molecule has 0 atom stereocenters. The van der Waals surface area contributed by atoms with Gasteiger partial charge in [0.1, 0.15) is 0 Å². The number of hydrogen-bond donors (Lipinski definition) is 2. The lowest BCUT2D eigenvalue weighted by molar-refractivity contribution is 0.346. The molecule has 2 N–H and O–H groups in total. The van der Waals surface area contributed by atoms with Crippen LogP contribution in [0.4, 0.5) is 0 Å². The zero-order valence-electron chi connectivity index (χ0n) is 15.3. The Morgan fingerprint density at radius 1 is 1.16 bits per heavy atom. The van der Waals surface area contributed by atoms with Crippen LogP contribution in [0.1, 0.15) is 44.6 Å². The number of sulfonamides is 1. The molecule has 0 bridgehead atoms. The van der Waals surface area contributed by atoms with E-state index in [1.807, 2.05) is 12.1 Å². The number of aliphatic imine (C=N–C) groups is 1. The third-order valence-corrected chi connectivity index (χ3v) is 6.40. The van der Waals surface area contributed by atoms with Crippen molar-refractivity contribution in [2.75, 3.05) is 26.7 Å². The van der Waals surface area contributed by atoms with Crippen molar-refractivity contribution in [3.63, 3.8) is 0 Å². The molecule has 1 heterocycles. The Morgan fingerprint density at radius 2 is 1.88 bits per heavy atom. The average molecular weight is 367 g/mol. The van der Waals surface area contributed by atoms with E-state index in [9.17, 15) is 8.42 Å². The van der Waals surface area contributed by atoms with E-state index in [2.05, 4.69) is 22.5 Å². The first-order chi connectivity index (χ1) is 12.1. The lowest BCUT2D eigenvalue weighted by Crippen LogP contribution is -2.38. The highest BCUT2D eigenvalue weighted by atomic mass is 32.2. The molecule has 2 rings (SSSR count). The monoisotopic (exact) mass is 366 g/mol. The quantitative estimate of drug-likeness (QED) is 0.441. The summed E-state index contributed by atoms with van der Waals surface area (Å²) in [6.07, 6.45) is 5.16. The highest BCUT2D eigenvalue weighted by molar-refractivity contribution is 7.89. The van der Waals surface area contributed by atoms with Gasteiger partial charge in [-0.3, -0.25) is 4.99 Å². The first kappa shape index (κ1) is 19.7. The van der Waals surface area contributed by atoms with Gasteiger partial charge in [0.2, 0.25) is 10.0 Å². The van der Waals surface area contributed by atoms with E-state index in [1.165, 1.54) is 0 Å². The Kier molecular flexibility index (Phi) is 7.71. The van der Waals surface area contributed by atoms with Crippen LogP contribution in [0.15, 0.2) is 34.2 Å². The number of benzene rings is 1.